The molecule has 2 amide bonds. The summed E-state index contributed by atoms with van der Waals surface area (Å²) < 4.78 is 0. The van der Waals surface area contributed by atoms with Crippen molar-refractivity contribution in [2.24, 2.45) is 0 Å². The summed E-state index contributed by atoms with van der Waals surface area (Å²) in [6.45, 7) is 5.08. The molecule has 0 aromatic carbocycles. The molecule has 3 heterocycles. The van der Waals surface area contributed by atoms with Gasteiger partial charge in [-0.1, -0.05) is 0 Å². The average Bonchev–Trinajstić information content (AvgIpc) is 2.85. The number of nitrogens with one attached hydrogen (secondary N) is 1. The van der Waals surface area contributed by atoms with Crippen LogP contribution in [-0.4, -0.2) is 81.1 Å². The number of nitrogens with zero attached hydrogens (tertiary/aromatic N) is 4. The monoisotopic (exact) mass is 375 g/mol. The maximum atomic E-state index is 12.6. The molecule has 27 heavy (non-hydrogen) atoms. The molecule has 3 rings (SSSR count). The number of carbonyl (C=O) groups excluding carboxylic acids is 2. The minimum absolute atomic E-state index is 0.0179. The molecule has 148 valence electrons. The van der Waals surface area contributed by atoms with Crippen molar-refractivity contribution in [3.63, 3.8) is 0 Å². The highest BCUT2D eigenvalue weighted by atomic mass is 16.3. The summed E-state index contributed by atoms with van der Waals surface area (Å²) in [7, 11) is 0. The highest BCUT2D eigenvalue weighted by molar-refractivity contribution is 5.92. The Bertz CT molecular complexity index is 648. The van der Waals surface area contributed by atoms with E-state index < -0.39 is 5.60 Å². The van der Waals surface area contributed by atoms with Crippen LogP contribution in [0.1, 0.15) is 49.5 Å². The Kier molecular flexibility index (Phi) is 6.38. The first kappa shape index (κ1) is 19.7. The van der Waals surface area contributed by atoms with Gasteiger partial charge in [0.15, 0.2) is 0 Å². The lowest BCUT2D eigenvalue weighted by molar-refractivity contribution is -0.120. The first-order valence-electron chi connectivity index (χ1n) is 9.72. The highest BCUT2D eigenvalue weighted by Crippen LogP contribution is 2.25. The standard InChI is InChI=1S/C19H29N5O3/c1-15(25)22-16-4-10-23(11-5-16)13-19(27)6-2-9-24(12-7-19)18(26)17-3-8-20-14-21-17/h3,8,14,16,27H,2,4-7,9-13H2,1H3,(H,22,25)/t19-/m0/s1. The summed E-state index contributed by atoms with van der Waals surface area (Å²) in [5, 5.41) is 14.1. The number of hydrogen-bond acceptors (Lipinski definition) is 6. The van der Waals surface area contributed by atoms with Gasteiger partial charge in [-0.2, -0.15) is 0 Å². The number of carbonyl (C=O) groups is 2. The molecule has 2 N–H and O–H groups in total. The second-order valence-corrected chi connectivity index (χ2v) is 7.72. The Hall–Kier alpha value is -2.06. The van der Waals surface area contributed by atoms with E-state index in [-0.39, 0.29) is 17.9 Å². The molecular weight excluding hydrogens is 346 g/mol. The fourth-order valence-corrected chi connectivity index (χ4v) is 4.06. The van der Waals surface area contributed by atoms with Crippen molar-refractivity contribution in [3.8, 4) is 0 Å². The van der Waals surface area contributed by atoms with E-state index in [4.69, 9.17) is 0 Å². The smallest absolute Gasteiger partial charge is 0.272 e. The van der Waals surface area contributed by atoms with Crippen LogP contribution in [0.4, 0.5) is 0 Å². The van der Waals surface area contributed by atoms with Gasteiger partial charge in [-0.3, -0.25) is 9.59 Å². The lowest BCUT2D eigenvalue weighted by Gasteiger charge is -2.38. The predicted octanol–water partition coefficient (Wildman–Crippen LogP) is 0.434. The van der Waals surface area contributed by atoms with Crippen LogP contribution >= 0.6 is 0 Å². The number of likely N-dealkylation sites (tertiary alicyclic amines) is 2. The molecular formula is C19H29N5O3. The zero-order valence-corrected chi connectivity index (χ0v) is 15.9. The molecule has 0 bridgehead atoms. The first-order chi connectivity index (χ1) is 13.0. The summed E-state index contributed by atoms with van der Waals surface area (Å²) in [6.07, 6.45) is 6.80. The minimum atomic E-state index is -0.776. The van der Waals surface area contributed by atoms with Crippen molar-refractivity contribution in [1.29, 1.82) is 0 Å². The summed E-state index contributed by atoms with van der Waals surface area (Å²) >= 11 is 0. The van der Waals surface area contributed by atoms with E-state index >= 15 is 0 Å². The van der Waals surface area contributed by atoms with E-state index in [1.165, 1.54) is 6.33 Å². The Labute approximate surface area is 160 Å². The predicted molar refractivity (Wildman–Crippen MR) is 100 cm³/mol. The van der Waals surface area contributed by atoms with Crippen molar-refractivity contribution in [1.82, 2.24) is 25.1 Å². The number of amides is 2. The first-order valence-corrected chi connectivity index (χ1v) is 9.72. The van der Waals surface area contributed by atoms with Crippen LogP contribution in [0.15, 0.2) is 18.6 Å². The van der Waals surface area contributed by atoms with Gasteiger partial charge in [-0.15, -0.1) is 0 Å². The van der Waals surface area contributed by atoms with Crippen LogP contribution in [0.3, 0.4) is 0 Å². The minimum Gasteiger partial charge on any atom is -0.388 e. The van der Waals surface area contributed by atoms with Gasteiger partial charge in [0.05, 0.1) is 5.60 Å². The number of aromatic nitrogens is 2. The molecule has 2 aliphatic heterocycles. The number of β-amino-alcohol motifs (C(OH)–C–C–N with tert-alkyl or cyclic N) is 1. The van der Waals surface area contributed by atoms with Crippen LogP contribution in [0.25, 0.3) is 0 Å². The van der Waals surface area contributed by atoms with Gasteiger partial charge in [0, 0.05) is 51.9 Å². The summed E-state index contributed by atoms with van der Waals surface area (Å²) in [5.74, 6) is -0.0814. The topological polar surface area (TPSA) is 98.7 Å². The molecule has 0 unspecified atom stereocenters. The highest BCUT2D eigenvalue weighted by Gasteiger charge is 2.34. The Morgan fingerprint density at radius 1 is 1.26 bits per heavy atom. The molecule has 1 atom stereocenters. The van der Waals surface area contributed by atoms with Gasteiger partial charge in [-0.05, 0) is 38.2 Å². The number of hydrogen-bond donors (Lipinski definition) is 2. The van der Waals surface area contributed by atoms with Crippen molar-refractivity contribution < 1.29 is 14.7 Å². The van der Waals surface area contributed by atoms with Gasteiger partial charge in [0.25, 0.3) is 5.91 Å². The summed E-state index contributed by atoms with van der Waals surface area (Å²) in [6, 6.07) is 1.86. The molecule has 8 heteroatoms. The molecule has 1 aromatic heterocycles. The van der Waals surface area contributed by atoms with E-state index in [2.05, 4.69) is 20.2 Å². The third-order valence-electron chi connectivity index (χ3n) is 5.52. The maximum Gasteiger partial charge on any atom is 0.272 e. The molecule has 0 spiro atoms. The Morgan fingerprint density at radius 2 is 2.04 bits per heavy atom. The van der Waals surface area contributed by atoms with E-state index in [1.54, 1.807) is 24.1 Å². The quantitative estimate of drug-likeness (QED) is 0.792. The van der Waals surface area contributed by atoms with Gasteiger partial charge >= 0.3 is 0 Å². The van der Waals surface area contributed by atoms with Crippen molar-refractivity contribution in [2.75, 3.05) is 32.7 Å². The average molecular weight is 375 g/mol. The fraction of sp³-hybridized carbons (Fsp3) is 0.684. The zero-order chi connectivity index (χ0) is 19.3. The lowest BCUT2D eigenvalue weighted by atomic mass is 9.93. The number of piperidine rings is 1. The normalized spacial score (nSPS) is 25.0. The van der Waals surface area contributed by atoms with Crippen molar-refractivity contribution >= 4 is 11.8 Å². The molecule has 2 fully saturated rings. The molecule has 2 aliphatic rings. The van der Waals surface area contributed by atoms with E-state index in [0.717, 1.165) is 32.4 Å². The second-order valence-electron chi connectivity index (χ2n) is 7.72. The Morgan fingerprint density at radius 3 is 2.70 bits per heavy atom. The van der Waals surface area contributed by atoms with Crippen LogP contribution < -0.4 is 5.32 Å². The van der Waals surface area contributed by atoms with Gasteiger partial charge in [0.2, 0.25) is 5.91 Å². The van der Waals surface area contributed by atoms with Crippen molar-refractivity contribution in [3.05, 3.63) is 24.3 Å². The third-order valence-corrected chi connectivity index (χ3v) is 5.52. The molecule has 0 aliphatic carbocycles. The SMILES string of the molecule is CC(=O)NC1CCN(C[C@]2(O)CCCN(C(=O)c3ccncn3)CC2)CC1. The molecule has 0 radical (unpaired) electrons. The maximum absolute atomic E-state index is 12.6. The molecule has 8 nitrogen and oxygen atoms in total. The summed E-state index contributed by atoms with van der Waals surface area (Å²) in [5.41, 5.74) is -0.378. The lowest BCUT2D eigenvalue weighted by Crippen LogP contribution is -2.50. The Balaban J connectivity index is 1.51. The van der Waals surface area contributed by atoms with Crippen LogP contribution in [0.5, 0.6) is 0 Å². The molecule has 0 saturated carbocycles. The number of rotatable bonds is 4. The molecule has 2 saturated heterocycles. The molecule has 1 aromatic rings. The van der Waals surface area contributed by atoms with Crippen LogP contribution in [0, 0.1) is 0 Å². The summed E-state index contributed by atoms with van der Waals surface area (Å²) in [4.78, 5) is 35.7. The fourth-order valence-electron chi connectivity index (χ4n) is 4.06. The third kappa shape index (κ3) is 5.46. The van der Waals surface area contributed by atoms with Gasteiger partial charge < -0.3 is 20.2 Å². The largest absolute Gasteiger partial charge is 0.388 e. The van der Waals surface area contributed by atoms with Gasteiger partial charge in [-0.25, -0.2) is 9.97 Å². The zero-order valence-electron chi connectivity index (χ0n) is 15.9. The van der Waals surface area contributed by atoms with Gasteiger partial charge in [0.1, 0.15) is 12.0 Å². The van der Waals surface area contributed by atoms with Crippen LogP contribution in [-0.2, 0) is 4.79 Å². The number of aliphatic hydroxyl groups is 1. The van der Waals surface area contributed by atoms with Crippen molar-refractivity contribution in [2.45, 2.75) is 50.7 Å². The van der Waals surface area contributed by atoms with Crippen LogP contribution in [0.2, 0.25) is 0 Å². The van der Waals surface area contributed by atoms with E-state index in [9.17, 15) is 14.7 Å². The van der Waals surface area contributed by atoms with E-state index in [0.29, 0.717) is 38.2 Å². The van der Waals surface area contributed by atoms with E-state index in [1.807, 2.05) is 0 Å². The second kappa shape index (κ2) is 8.75.